The molecule has 0 aromatic heterocycles. The molecule has 166 valence electrons. The number of carbonyl (C=O) groups excluding carboxylic acids is 1. The van der Waals surface area contributed by atoms with Crippen LogP contribution in [0.5, 0.6) is 5.75 Å². The van der Waals surface area contributed by atoms with Gasteiger partial charge in [0.15, 0.2) is 0 Å². The maximum atomic E-state index is 14.7. The number of amides is 2. The van der Waals surface area contributed by atoms with Crippen molar-refractivity contribution < 1.29 is 28.3 Å². The van der Waals surface area contributed by atoms with Gasteiger partial charge >= 0.3 is 6.03 Å². The summed E-state index contributed by atoms with van der Waals surface area (Å²) in [6.07, 6.45) is 0. The maximum absolute atomic E-state index is 14.7. The number of carbonyl (C=O) groups is 1. The van der Waals surface area contributed by atoms with E-state index in [2.05, 4.69) is 21.1 Å². The Kier molecular flexibility index (Phi) is 7.37. The molecule has 2 aromatic carbocycles. The predicted octanol–water partition coefficient (Wildman–Crippen LogP) is 2.48. The first-order chi connectivity index (χ1) is 14.9. The third kappa shape index (κ3) is 5.47. The molecule has 1 aliphatic rings. The van der Waals surface area contributed by atoms with Crippen molar-refractivity contribution in [3.63, 3.8) is 0 Å². The number of nitrogens with one attached hydrogen (secondary N) is 3. The lowest BCUT2D eigenvalue weighted by atomic mass is 9.92. The molecule has 2 amide bonds. The van der Waals surface area contributed by atoms with Gasteiger partial charge in [-0.1, -0.05) is 17.7 Å². The van der Waals surface area contributed by atoms with Crippen molar-refractivity contribution in [2.24, 2.45) is 4.99 Å². The van der Waals surface area contributed by atoms with Crippen molar-refractivity contribution in [2.45, 2.75) is 18.9 Å². The molecule has 0 bridgehead atoms. The minimum atomic E-state index is -0.901. The lowest BCUT2D eigenvalue weighted by Crippen LogP contribution is -2.49. The number of methoxy groups -OCH3 is 1. The molecule has 0 saturated heterocycles. The predicted molar refractivity (Wildman–Crippen MR) is 111 cm³/mol. The summed E-state index contributed by atoms with van der Waals surface area (Å²) in [5, 5.41) is 14.3. The number of halogens is 2. The van der Waals surface area contributed by atoms with E-state index in [1.54, 1.807) is 12.1 Å². The van der Waals surface area contributed by atoms with Gasteiger partial charge in [-0.25, -0.2) is 13.6 Å². The monoisotopic (exact) mass is 434 g/mol. The van der Waals surface area contributed by atoms with Crippen LogP contribution >= 0.6 is 0 Å². The highest BCUT2D eigenvalue weighted by molar-refractivity contribution is 5.96. The zero-order valence-electron chi connectivity index (χ0n) is 17.1. The molecule has 2 aromatic rings. The highest BCUT2D eigenvalue weighted by atomic mass is 19.1. The van der Waals surface area contributed by atoms with Crippen LogP contribution < -0.4 is 20.9 Å². The Morgan fingerprint density at radius 2 is 1.90 bits per heavy atom. The summed E-state index contributed by atoms with van der Waals surface area (Å²) >= 11 is 0. The zero-order valence-corrected chi connectivity index (χ0v) is 17.1. The van der Waals surface area contributed by atoms with Gasteiger partial charge in [0, 0.05) is 29.3 Å². The van der Waals surface area contributed by atoms with Crippen LogP contribution in [-0.2, 0) is 4.84 Å². The summed E-state index contributed by atoms with van der Waals surface area (Å²) in [6.45, 7) is 1.67. The number of amidine groups is 1. The number of anilines is 1. The summed E-state index contributed by atoms with van der Waals surface area (Å²) < 4.78 is 34.3. The Hall–Kier alpha value is -3.24. The van der Waals surface area contributed by atoms with E-state index in [1.807, 2.05) is 19.1 Å². The van der Waals surface area contributed by atoms with Crippen LogP contribution in [-0.4, -0.2) is 49.9 Å². The quantitative estimate of drug-likeness (QED) is 0.396. The molecule has 0 aliphatic carbocycles. The molecular formula is C21H24F2N4O4. The molecule has 1 aliphatic heterocycles. The van der Waals surface area contributed by atoms with E-state index in [9.17, 15) is 13.6 Å². The van der Waals surface area contributed by atoms with Crippen molar-refractivity contribution in [3.05, 3.63) is 59.2 Å². The fourth-order valence-electron chi connectivity index (χ4n) is 3.26. The molecule has 8 nitrogen and oxygen atoms in total. The second kappa shape index (κ2) is 10.2. The van der Waals surface area contributed by atoms with Crippen LogP contribution in [0.4, 0.5) is 19.3 Å². The van der Waals surface area contributed by atoms with E-state index in [0.29, 0.717) is 5.69 Å². The Labute approximate surface area is 178 Å². The third-order valence-corrected chi connectivity index (χ3v) is 4.78. The minimum Gasteiger partial charge on any atom is -0.497 e. The molecule has 0 fully saturated rings. The molecule has 0 spiro atoms. The number of hydrogen-bond donors (Lipinski definition) is 4. The van der Waals surface area contributed by atoms with Crippen LogP contribution in [0, 0.1) is 18.6 Å². The summed E-state index contributed by atoms with van der Waals surface area (Å²) in [5.74, 6) is -2.20. The van der Waals surface area contributed by atoms with Gasteiger partial charge in [0.25, 0.3) is 0 Å². The van der Waals surface area contributed by atoms with Gasteiger partial charge in [0.1, 0.15) is 23.2 Å². The van der Waals surface area contributed by atoms with Gasteiger partial charge in [-0.3, -0.25) is 15.3 Å². The summed E-state index contributed by atoms with van der Waals surface area (Å²) in [5.41, 5.74) is 3.92. The average Bonchev–Trinajstić information content (AvgIpc) is 3.11. The van der Waals surface area contributed by atoms with Gasteiger partial charge in [-0.2, -0.15) is 0 Å². The van der Waals surface area contributed by atoms with E-state index in [-0.39, 0.29) is 36.9 Å². The van der Waals surface area contributed by atoms with Crippen LogP contribution in [0.25, 0.3) is 0 Å². The van der Waals surface area contributed by atoms with Gasteiger partial charge in [0.05, 0.1) is 32.9 Å². The number of aliphatic hydroxyl groups is 1. The molecule has 0 radical (unpaired) electrons. The molecule has 31 heavy (non-hydrogen) atoms. The van der Waals surface area contributed by atoms with Crippen LogP contribution in [0.1, 0.15) is 17.0 Å². The van der Waals surface area contributed by atoms with E-state index in [1.165, 1.54) is 7.11 Å². The van der Waals surface area contributed by atoms with Crippen LogP contribution in [0.3, 0.4) is 0 Å². The van der Waals surface area contributed by atoms with E-state index in [4.69, 9.17) is 14.7 Å². The fourth-order valence-corrected chi connectivity index (χ4v) is 3.26. The average molecular weight is 434 g/mol. The van der Waals surface area contributed by atoms with Gasteiger partial charge in [0.2, 0.25) is 0 Å². The van der Waals surface area contributed by atoms with E-state index < -0.39 is 29.6 Å². The Balaban J connectivity index is 1.82. The van der Waals surface area contributed by atoms with Gasteiger partial charge < -0.3 is 20.5 Å². The van der Waals surface area contributed by atoms with Crippen LogP contribution in [0.15, 0.2) is 41.4 Å². The van der Waals surface area contributed by atoms with E-state index >= 15 is 0 Å². The molecule has 3 rings (SSSR count). The van der Waals surface area contributed by atoms with Gasteiger partial charge in [-0.05, 0) is 19.1 Å². The summed E-state index contributed by atoms with van der Waals surface area (Å²) in [6, 6.07) is 7.84. The topological polar surface area (TPSA) is 104 Å². The first-order valence-electron chi connectivity index (χ1n) is 9.63. The minimum absolute atomic E-state index is 0.0144. The molecule has 2 atom stereocenters. The maximum Gasteiger partial charge on any atom is 0.319 e. The largest absolute Gasteiger partial charge is 0.497 e. The number of nitrogens with zero attached hydrogens (tertiary/aromatic N) is 1. The number of aliphatic hydroxyl groups excluding tert-OH is 1. The van der Waals surface area contributed by atoms with E-state index in [0.717, 1.165) is 17.7 Å². The SMILES string of the molecule is COc1cc(F)c(C2CN=C(NOCCO)C2NC(=O)Nc2ccc(C)cc2)c(F)c1. The van der Waals surface area contributed by atoms with Crippen molar-refractivity contribution in [2.75, 3.05) is 32.2 Å². The zero-order chi connectivity index (χ0) is 22.4. The molecule has 1 heterocycles. The number of ether oxygens (including phenoxy) is 1. The third-order valence-electron chi connectivity index (χ3n) is 4.78. The molecule has 0 saturated carbocycles. The van der Waals surface area contributed by atoms with Crippen molar-refractivity contribution >= 4 is 17.6 Å². The van der Waals surface area contributed by atoms with Crippen LogP contribution in [0.2, 0.25) is 0 Å². The Morgan fingerprint density at radius 1 is 1.23 bits per heavy atom. The Morgan fingerprint density at radius 3 is 2.52 bits per heavy atom. The second-order valence-corrected chi connectivity index (χ2v) is 6.95. The standard InChI is InChI=1S/C21H24F2N4O4/c1-12-3-5-13(6-4-12)25-21(29)26-19-15(11-24-20(19)27-31-8-7-28)18-16(22)9-14(30-2)10-17(18)23/h3-6,9-10,15,19,28H,7-8,11H2,1-2H3,(H,24,27)(H2,25,26,29). The second-order valence-electron chi connectivity index (χ2n) is 6.95. The Bertz CT molecular complexity index is 930. The highest BCUT2D eigenvalue weighted by Gasteiger charge is 2.38. The summed E-state index contributed by atoms with van der Waals surface area (Å²) in [7, 11) is 1.31. The number of hydrogen-bond acceptors (Lipinski definition) is 6. The molecule has 2 unspecified atom stereocenters. The first kappa shape index (κ1) is 22.4. The lowest BCUT2D eigenvalue weighted by Gasteiger charge is -2.24. The molecule has 10 heteroatoms. The number of benzene rings is 2. The van der Waals surface area contributed by atoms with Gasteiger partial charge in [-0.15, -0.1) is 0 Å². The normalized spacial score (nSPS) is 17.8. The summed E-state index contributed by atoms with van der Waals surface area (Å²) in [4.78, 5) is 21.9. The number of rotatable bonds is 7. The molecular weight excluding hydrogens is 410 g/mol. The lowest BCUT2D eigenvalue weighted by molar-refractivity contribution is 0.0517. The fraction of sp³-hybridized carbons (Fsp3) is 0.333. The number of hydroxylamine groups is 1. The number of aliphatic imine (C=N–C) groups is 1. The van der Waals surface area contributed by atoms with Crippen molar-refractivity contribution in [1.29, 1.82) is 0 Å². The molecule has 4 N–H and O–H groups in total. The highest BCUT2D eigenvalue weighted by Crippen LogP contribution is 2.32. The van der Waals surface area contributed by atoms with Crippen molar-refractivity contribution in [1.82, 2.24) is 10.8 Å². The number of aryl methyl sites for hydroxylation is 1. The number of urea groups is 1. The smallest absolute Gasteiger partial charge is 0.319 e. The van der Waals surface area contributed by atoms with Crippen molar-refractivity contribution in [3.8, 4) is 5.75 Å². The first-order valence-corrected chi connectivity index (χ1v) is 9.63.